The molecule has 2 atom stereocenters. The molecule has 3 nitrogen and oxygen atoms in total. The molecule has 1 aliphatic carbocycles. The minimum absolute atomic E-state index is 0.0345. The van der Waals surface area contributed by atoms with E-state index < -0.39 is 0 Å². The molecule has 0 N–H and O–H groups in total. The predicted octanol–water partition coefficient (Wildman–Crippen LogP) is 3.37. The SMILES string of the molecule is CC1CC(OCCC2OCCCO2)CC(C)(C)C1. The zero-order valence-corrected chi connectivity index (χ0v) is 12.1. The molecule has 0 spiro atoms. The molecule has 1 aliphatic heterocycles. The van der Waals surface area contributed by atoms with E-state index in [9.17, 15) is 0 Å². The van der Waals surface area contributed by atoms with Crippen molar-refractivity contribution in [3.05, 3.63) is 0 Å². The van der Waals surface area contributed by atoms with Gasteiger partial charge in [-0.05, 0) is 37.0 Å². The molecule has 0 aromatic heterocycles. The van der Waals surface area contributed by atoms with Crippen molar-refractivity contribution in [2.45, 2.75) is 65.3 Å². The fraction of sp³-hybridized carbons (Fsp3) is 1.00. The Morgan fingerprint density at radius 1 is 1.17 bits per heavy atom. The largest absolute Gasteiger partial charge is 0.378 e. The van der Waals surface area contributed by atoms with E-state index in [2.05, 4.69) is 20.8 Å². The van der Waals surface area contributed by atoms with Gasteiger partial charge in [-0.2, -0.15) is 0 Å². The van der Waals surface area contributed by atoms with Crippen LogP contribution in [0.5, 0.6) is 0 Å². The summed E-state index contributed by atoms with van der Waals surface area (Å²) in [6.45, 7) is 9.47. The van der Waals surface area contributed by atoms with Gasteiger partial charge >= 0.3 is 0 Å². The normalized spacial score (nSPS) is 33.5. The van der Waals surface area contributed by atoms with E-state index in [0.717, 1.165) is 38.6 Å². The summed E-state index contributed by atoms with van der Waals surface area (Å²) in [5.74, 6) is 0.779. The van der Waals surface area contributed by atoms with Crippen molar-refractivity contribution in [1.29, 1.82) is 0 Å². The summed E-state index contributed by atoms with van der Waals surface area (Å²) >= 11 is 0. The molecule has 1 saturated carbocycles. The molecular formula is C15H28O3. The summed E-state index contributed by atoms with van der Waals surface area (Å²) in [5, 5.41) is 0. The Morgan fingerprint density at radius 2 is 1.89 bits per heavy atom. The van der Waals surface area contributed by atoms with Crippen molar-refractivity contribution in [3.8, 4) is 0 Å². The second-order valence-electron chi connectivity index (χ2n) is 6.72. The topological polar surface area (TPSA) is 27.7 Å². The van der Waals surface area contributed by atoms with E-state index in [-0.39, 0.29) is 6.29 Å². The molecule has 0 aromatic rings. The lowest BCUT2D eigenvalue weighted by molar-refractivity contribution is -0.189. The summed E-state index contributed by atoms with van der Waals surface area (Å²) < 4.78 is 17.1. The fourth-order valence-corrected chi connectivity index (χ4v) is 3.42. The number of hydrogen-bond acceptors (Lipinski definition) is 3. The number of hydrogen-bond donors (Lipinski definition) is 0. The zero-order valence-electron chi connectivity index (χ0n) is 12.1. The van der Waals surface area contributed by atoms with E-state index in [0.29, 0.717) is 11.5 Å². The van der Waals surface area contributed by atoms with Gasteiger partial charge in [-0.25, -0.2) is 0 Å². The Labute approximate surface area is 111 Å². The van der Waals surface area contributed by atoms with Crippen LogP contribution in [0.3, 0.4) is 0 Å². The van der Waals surface area contributed by atoms with Gasteiger partial charge in [0, 0.05) is 6.42 Å². The van der Waals surface area contributed by atoms with E-state index in [1.807, 2.05) is 0 Å². The third kappa shape index (κ3) is 4.52. The molecule has 3 heteroatoms. The van der Waals surface area contributed by atoms with Crippen LogP contribution in [0.15, 0.2) is 0 Å². The van der Waals surface area contributed by atoms with E-state index in [4.69, 9.17) is 14.2 Å². The Hall–Kier alpha value is -0.120. The highest BCUT2D eigenvalue weighted by molar-refractivity contribution is 4.83. The molecule has 2 rings (SSSR count). The Bertz CT molecular complexity index is 246. The molecular weight excluding hydrogens is 228 g/mol. The minimum atomic E-state index is -0.0345. The third-order valence-corrected chi connectivity index (χ3v) is 3.95. The van der Waals surface area contributed by atoms with Gasteiger partial charge in [-0.15, -0.1) is 0 Å². The van der Waals surface area contributed by atoms with Gasteiger partial charge in [-0.3, -0.25) is 0 Å². The Balaban J connectivity index is 1.66. The van der Waals surface area contributed by atoms with Gasteiger partial charge in [0.15, 0.2) is 6.29 Å². The predicted molar refractivity (Wildman–Crippen MR) is 71.5 cm³/mol. The third-order valence-electron chi connectivity index (χ3n) is 3.95. The van der Waals surface area contributed by atoms with Crippen LogP contribution in [-0.2, 0) is 14.2 Å². The molecule has 0 bridgehead atoms. The average Bonchev–Trinajstić information content (AvgIpc) is 2.27. The molecule has 106 valence electrons. The summed E-state index contributed by atoms with van der Waals surface area (Å²) in [5.41, 5.74) is 0.431. The van der Waals surface area contributed by atoms with Gasteiger partial charge in [-0.1, -0.05) is 20.8 Å². The number of rotatable bonds is 4. The van der Waals surface area contributed by atoms with Crippen LogP contribution in [0, 0.1) is 11.3 Å². The lowest BCUT2D eigenvalue weighted by Crippen LogP contribution is -2.33. The maximum atomic E-state index is 6.03. The lowest BCUT2D eigenvalue weighted by Gasteiger charge is -2.39. The summed E-state index contributed by atoms with van der Waals surface area (Å²) in [6, 6.07) is 0. The van der Waals surface area contributed by atoms with Gasteiger partial charge in [0.05, 0.1) is 25.9 Å². The molecule has 2 aliphatic rings. The van der Waals surface area contributed by atoms with Crippen molar-refractivity contribution < 1.29 is 14.2 Å². The first-order valence-corrected chi connectivity index (χ1v) is 7.40. The van der Waals surface area contributed by atoms with E-state index in [1.54, 1.807) is 0 Å². The highest BCUT2D eigenvalue weighted by Crippen LogP contribution is 2.39. The van der Waals surface area contributed by atoms with Crippen LogP contribution in [0.1, 0.15) is 52.9 Å². The summed E-state index contributed by atoms with van der Waals surface area (Å²) in [4.78, 5) is 0. The fourth-order valence-electron chi connectivity index (χ4n) is 3.42. The summed E-state index contributed by atoms with van der Waals surface area (Å²) in [7, 11) is 0. The van der Waals surface area contributed by atoms with Crippen molar-refractivity contribution in [2.24, 2.45) is 11.3 Å². The molecule has 2 fully saturated rings. The van der Waals surface area contributed by atoms with Crippen LogP contribution < -0.4 is 0 Å². The van der Waals surface area contributed by atoms with Gasteiger partial charge < -0.3 is 14.2 Å². The first-order valence-electron chi connectivity index (χ1n) is 7.40. The van der Waals surface area contributed by atoms with Crippen LogP contribution in [0.2, 0.25) is 0 Å². The smallest absolute Gasteiger partial charge is 0.159 e. The number of ether oxygens (including phenoxy) is 3. The van der Waals surface area contributed by atoms with Crippen molar-refractivity contribution in [1.82, 2.24) is 0 Å². The maximum absolute atomic E-state index is 6.03. The van der Waals surface area contributed by atoms with Crippen molar-refractivity contribution >= 4 is 0 Å². The van der Waals surface area contributed by atoms with E-state index >= 15 is 0 Å². The molecule has 0 aromatic carbocycles. The zero-order chi connectivity index (χ0) is 13.0. The molecule has 1 heterocycles. The van der Waals surface area contributed by atoms with Gasteiger partial charge in [0.2, 0.25) is 0 Å². The molecule has 18 heavy (non-hydrogen) atoms. The van der Waals surface area contributed by atoms with Crippen molar-refractivity contribution in [3.63, 3.8) is 0 Å². The Morgan fingerprint density at radius 3 is 2.56 bits per heavy atom. The first kappa shape index (κ1) is 14.3. The lowest BCUT2D eigenvalue weighted by atomic mass is 9.71. The van der Waals surface area contributed by atoms with E-state index in [1.165, 1.54) is 19.3 Å². The monoisotopic (exact) mass is 256 g/mol. The highest BCUT2D eigenvalue weighted by Gasteiger charge is 2.32. The summed E-state index contributed by atoms with van der Waals surface area (Å²) in [6.07, 6.45) is 5.98. The second kappa shape index (κ2) is 6.36. The first-order chi connectivity index (χ1) is 8.55. The van der Waals surface area contributed by atoms with Gasteiger partial charge in [0.1, 0.15) is 0 Å². The Kier molecular flexibility index (Phi) is 5.05. The highest BCUT2D eigenvalue weighted by atomic mass is 16.7. The molecule has 0 amide bonds. The van der Waals surface area contributed by atoms with Gasteiger partial charge in [0.25, 0.3) is 0 Å². The standard InChI is InChI=1S/C15H28O3/c1-12-9-13(11-15(2,3)10-12)16-8-5-14-17-6-4-7-18-14/h12-14H,4-11H2,1-3H3. The molecule has 2 unspecified atom stereocenters. The minimum Gasteiger partial charge on any atom is -0.378 e. The quantitative estimate of drug-likeness (QED) is 0.772. The van der Waals surface area contributed by atoms with Crippen LogP contribution in [0.4, 0.5) is 0 Å². The average molecular weight is 256 g/mol. The van der Waals surface area contributed by atoms with Crippen molar-refractivity contribution in [2.75, 3.05) is 19.8 Å². The maximum Gasteiger partial charge on any atom is 0.159 e. The van der Waals surface area contributed by atoms with Crippen LogP contribution in [-0.4, -0.2) is 32.2 Å². The van der Waals surface area contributed by atoms with Crippen LogP contribution >= 0.6 is 0 Å². The second-order valence-corrected chi connectivity index (χ2v) is 6.72. The molecule has 0 radical (unpaired) electrons. The molecule has 1 saturated heterocycles. The van der Waals surface area contributed by atoms with Crippen LogP contribution in [0.25, 0.3) is 0 Å².